The molecule has 4 aromatic rings. The number of imidazole rings is 1. The number of benzene rings is 2. The average Bonchev–Trinajstić information content (AvgIpc) is 3.27. The molecule has 5 rings (SSSR count). The number of nitrogens with two attached hydrogens (primary N) is 1. The summed E-state index contributed by atoms with van der Waals surface area (Å²) in [7, 11) is 0. The highest BCUT2D eigenvalue weighted by atomic mass is 16.5. The van der Waals surface area contributed by atoms with Gasteiger partial charge in [0, 0.05) is 25.8 Å². The number of hydrogen-bond donors (Lipinski definition) is 4. The molecule has 33 heavy (non-hydrogen) atoms. The molecule has 0 saturated carbocycles. The second-order valence-corrected chi connectivity index (χ2v) is 8.66. The van der Waals surface area contributed by atoms with Gasteiger partial charge in [0.15, 0.2) is 0 Å². The lowest BCUT2D eigenvalue weighted by Crippen LogP contribution is -2.33. The van der Waals surface area contributed by atoms with E-state index in [0.717, 1.165) is 58.5 Å². The van der Waals surface area contributed by atoms with Gasteiger partial charge in [-0.05, 0) is 59.7 Å². The molecule has 170 valence electrons. The number of hydroxylamine groups is 1. The van der Waals surface area contributed by atoms with E-state index in [0.29, 0.717) is 26.2 Å². The van der Waals surface area contributed by atoms with Crippen LogP contribution in [-0.2, 0) is 32.6 Å². The first kappa shape index (κ1) is 21.7. The zero-order valence-electron chi connectivity index (χ0n) is 18.7. The molecule has 0 aliphatic heterocycles. The average molecular weight is 443 g/mol. The van der Waals surface area contributed by atoms with Gasteiger partial charge in [-0.15, -0.1) is 0 Å². The topological polar surface area (TPSA) is 103 Å². The van der Waals surface area contributed by atoms with Crippen LogP contribution in [0.15, 0.2) is 60.8 Å². The van der Waals surface area contributed by atoms with Crippen molar-refractivity contribution in [1.29, 1.82) is 0 Å². The Labute approximate surface area is 193 Å². The van der Waals surface area contributed by atoms with E-state index in [1.165, 1.54) is 5.56 Å². The lowest BCUT2D eigenvalue weighted by atomic mass is 9.90. The number of hydrogen-bond acceptors (Lipinski definition) is 6. The molecular weight excluding hydrogens is 412 g/mol. The molecule has 1 unspecified atom stereocenters. The van der Waals surface area contributed by atoms with Gasteiger partial charge in [0.2, 0.25) is 0 Å². The number of aryl methyl sites for hydroxylation is 1. The van der Waals surface area contributed by atoms with Crippen LogP contribution in [0.3, 0.4) is 0 Å². The third kappa shape index (κ3) is 4.54. The van der Waals surface area contributed by atoms with E-state index in [1.807, 2.05) is 42.6 Å². The molecule has 0 radical (unpaired) electrons. The molecule has 1 aliphatic carbocycles. The fourth-order valence-corrected chi connectivity index (χ4v) is 5.03. The van der Waals surface area contributed by atoms with E-state index < -0.39 is 0 Å². The number of H-pyrrole nitrogens is 1. The normalized spacial score (nSPS) is 15.8. The van der Waals surface area contributed by atoms with E-state index in [2.05, 4.69) is 33.6 Å². The van der Waals surface area contributed by atoms with Gasteiger partial charge in [-0.2, -0.15) is 0 Å². The van der Waals surface area contributed by atoms with Crippen molar-refractivity contribution < 1.29 is 5.21 Å². The van der Waals surface area contributed by atoms with E-state index in [9.17, 15) is 5.21 Å². The minimum atomic E-state index is 0.184. The Morgan fingerprint density at radius 3 is 2.79 bits per heavy atom. The highest BCUT2D eigenvalue weighted by molar-refractivity contribution is 5.74. The highest BCUT2D eigenvalue weighted by Crippen LogP contribution is 2.35. The predicted molar refractivity (Wildman–Crippen MR) is 128 cm³/mol. The zero-order chi connectivity index (χ0) is 22.6. The summed E-state index contributed by atoms with van der Waals surface area (Å²) >= 11 is 0. The molecular formula is C26H30N6O. The molecule has 1 atom stereocenters. The first-order valence-electron chi connectivity index (χ1n) is 11.5. The molecule has 5 N–H and O–H groups in total. The van der Waals surface area contributed by atoms with Crippen LogP contribution >= 0.6 is 0 Å². The Kier molecular flexibility index (Phi) is 6.46. The third-order valence-electron chi connectivity index (χ3n) is 6.62. The maximum absolute atomic E-state index is 9.42. The predicted octanol–water partition coefficient (Wildman–Crippen LogP) is 3.98. The number of nitrogens with one attached hydrogen (secondary N) is 2. The summed E-state index contributed by atoms with van der Waals surface area (Å²) < 4.78 is 0. The van der Waals surface area contributed by atoms with Crippen molar-refractivity contribution in [2.75, 3.05) is 0 Å². The molecule has 7 heteroatoms. The minimum Gasteiger partial charge on any atom is -0.341 e. The van der Waals surface area contributed by atoms with Crippen molar-refractivity contribution in [2.24, 2.45) is 5.73 Å². The standard InChI is InChI=1S/C26H30N6O/c27-14-19-7-3-8-20(15-29-33)21(19)16-32(17-25-30-22-10-1-2-11-23(22)31-25)24-12-4-6-18-9-5-13-28-26(18)24/h1-3,5,7-11,13,24,29,33H,4,6,12,14-17,27H2,(H,30,31). The number of fused-ring (bicyclic) bond motifs is 2. The van der Waals surface area contributed by atoms with Crippen LogP contribution in [0.25, 0.3) is 11.0 Å². The van der Waals surface area contributed by atoms with E-state index in [-0.39, 0.29) is 6.04 Å². The van der Waals surface area contributed by atoms with E-state index in [1.54, 1.807) is 0 Å². The van der Waals surface area contributed by atoms with Gasteiger partial charge in [0.25, 0.3) is 0 Å². The summed E-state index contributed by atoms with van der Waals surface area (Å²) in [5.41, 5.74) is 16.2. The smallest absolute Gasteiger partial charge is 0.121 e. The molecule has 0 spiro atoms. The van der Waals surface area contributed by atoms with Crippen LogP contribution in [0.2, 0.25) is 0 Å². The summed E-state index contributed by atoms with van der Waals surface area (Å²) in [6.07, 6.45) is 5.13. The highest BCUT2D eigenvalue weighted by Gasteiger charge is 2.29. The first-order valence-corrected chi connectivity index (χ1v) is 11.5. The number of para-hydroxylation sites is 2. The van der Waals surface area contributed by atoms with Crippen molar-refractivity contribution in [1.82, 2.24) is 25.3 Å². The van der Waals surface area contributed by atoms with Crippen molar-refractivity contribution in [3.8, 4) is 0 Å². The fourth-order valence-electron chi connectivity index (χ4n) is 5.03. The van der Waals surface area contributed by atoms with Crippen LogP contribution in [-0.4, -0.2) is 25.1 Å². The number of aromatic amines is 1. The second-order valence-electron chi connectivity index (χ2n) is 8.66. The molecule has 0 bridgehead atoms. The van der Waals surface area contributed by atoms with Crippen LogP contribution in [0.1, 0.15) is 52.7 Å². The molecule has 7 nitrogen and oxygen atoms in total. The van der Waals surface area contributed by atoms with Gasteiger partial charge >= 0.3 is 0 Å². The van der Waals surface area contributed by atoms with Gasteiger partial charge in [0.05, 0.1) is 29.3 Å². The number of rotatable bonds is 8. The lowest BCUT2D eigenvalue weighted by Gasteiger charge is -2.35. The molecule has 1 aliphatic rings. The minimum absolute atomic E-state index is 0.184. The maximum atomic E-state index is 9.42. The summed E-state index contributed by atoms with van der Waals surface area (Å²) in [6, 6.07) is 18.7. The summed E-state index contributed by atoms with van der Waals surface area (Å²) in [5.74, 6) is 0.936. The Hall–Kier alpha value is -3.10. The largest absolute Gasteiger partial charge is 0.341 e. The van der Waals surface area contributed by atoms with E-state index in [4.69, 9.17) is 15.7 Å². The lowest BCUT2D eigenvalue weighted by molar-refractivity contribution is 0.148. The van der Waals surface area contributed by atoms with E-state index >= 15 is 0 Å². The van der Waals surface area contributed by atoms with Crippen molar-refractivity contribution >= 4 is 11.0 Å². The SMILES string of the molecule is NCc1cccc(CNO)c1CN(Cc1nc2ccccc2[nH]1)C1CCCc2cccnc21. The molecule has 2 aromatic heterocycles. The summed E-state index contributed by atoms with van der Waals surface area (Å²) in [6.45, 7) is 2.19. The second kappa shape index (κ2) is 9.80. The first-order chi connectivity index (χ1) is 16.3. The van der Waals surface area contributed by atoms with Crippen LogP contribution in [0.5, 0.6) is 0 Å². The van der Waals surface area contributed by atoms with Crippen LogP contribution in [0, 0.1) is 0 Å². The molecule has 0 saturated heterocycles. The van der Waals surface area contributed by atoms with Crippen LogP contribution < -0.4 is 11.2 Å². The van der Waals surface area contributed by atoms with Gasteiger partial charge < -0.3 is 15.9 Å². The third-order valence-corrected chi connectivity index (χ3v) is 6.62. The van der Waals surface area contributed by atoms with Gasteiger partial charge in [-0.1, -0.05) is 36.4 Å². The van der Waals surface area contributed by atoms with Gasteiger partial charge in [-0.25, -0.2) is 10.5 Å². The maximum Gasteiger partial charge on any atom is 0.121 e. The molecule has 2 heterocycles. The number of aromatic nitrogens is 3. The molecule has 0 fully saturated rings. The van der Waals surface area contributed by atoms with Crippen molar-refractivity contribution in [2.45, 2.75) is 51.5 Å². The summed E-state index contributed by atoms with van der Waals surface area (Å²) in [4.78, 5) is 15.6. The molecule has 0 amide bonds. The zero-order valence-corrected chi connectivity index (χ0v) is 18.7. The van der Waals surface area contributed by atoms with Gasteiger partial charge in [-0.3, -0.25) is 9.88 Å². The van der Waals surface area contributed by atoms with Gasteiger partial charge in [0.1, 0.15) is 5.82 Å². The Morgan fingerprint density at radius 2 is 1.94 bits per heavy atom. The molecule has 2 aromatic carbocycles. The van der Waals surface area contributed by atoms with Crippen molar-refractivity contribution in [3.63, 3.8) is 0 Å². The quantitative estimate of drug-likeness (QED) is 0.308. The number of pyridine rings is 1. The summed E-state index contributed by atoms with van der Waals surface area (Å²) in [5, 5.41) is 9.42. The van der Waals surface area contributed by atoms with Crippen molar-refractivity contribution in [3.05, 3.63) is 94.6 Å². The Morgan fingerprint density at radius 1 is 1.06 bits per heavy atom. The monoisotopic (exact) mass is 442 g/mol. The Balaban J connectivity index is 1.55. The Bertz CT molecular complexity index is 1200. The fraction of sp³-hybridized carbons (Fsp3) is 0.308. The number of nitrogens with zero attached hydrogens (tertiary/aromatic N) is 3. The van der Waals surface area contributed by atoms with Crippen LogP contribution in [0.4, 0.5) is 0 Å².